The van der Waals surface area contributed by atoms with Crippen LogP contribution in [0.2, 0.25) is 0 Å². The monoisotopic (exact) mass is 292 g/mol. The van der Waals surface area contributed by atoms with E-state index in [0.717, 1.165) is 26.9 Å². The van der Waals surface area contributed by atoms with Crippen molar-refractivity contribution in [3.63, 3.8) is 0 Å². The third-order valence-corrected chi connectivity index (χ3v) is 4.19. The maximum atomic E-state index is 4.53. The number of H-pyrrole nitrogens is 1. The first-order chi connectivity index (χ1) is 10.3. The molecule has 5 heteroatoms. The summed E-state index contributed by atoms with van der Waals surface area (Å²) in [7, 11) is 0. The first-order valence-electron chi connectivity index (χ1n) is 6.65. The molecule has 4 rings (SSSR count). The summed E-state index contributed by atoms with van der Waals surface area (Å²) in [6, 6.07) is 16.2. The lowest BCUT2D eigenvalue weighted by molar-refractivity contribution is 1.03. The van der Waals surface area contributed by atoms with Crippen molar-refractivity contribution in [2.45, 2.75) is 6.92 Å². The summed E-state index contributed by atoms with van der Waals surface area (Å²) in [5, 5.41) is 9.64. The van der Waals surface area contributed by atoms with Gasteiger partial charge >= 0.3 is 0 Å². The molecule has 0 aliphatic carbocycles. The first kappa shape index (κ1) is 12.2. The van der Waals surface area contributed by atoms with Crippen LogP contribution in [-0.4, -0.2) is 15.2 Å². The van der Waals surface area contributed by atoms with E-state index in [2.05, 4.69) is 27.1 Å². The Kier molecular flexibility index (Phi) is 2.79. The number of fused-ring (bicyclic) bond motifs is 3. The lowest BCUT2D eigenvalue weighted by atomic mass is 10.2. The molecule has 0 bridgehead atoms. The van der Waals surface area contributed by atoms with Crippen LogP contribution in [0.1, 0.15) is 5.56 Å². The van der Waals surface area contributed by atoms with Gasteiger partial charge in [-0.05, 0) is 25.1 Å². The van der Waals surface area contributed by atoms with Gasteiger partial charge < -0.3 is 4.98 Å². The van der Waals surface area contributed by atoms with Gasteiger partial charge in [0.05, 0.1) is 5.69 Å². The van der Waals surface area contributed by atoms with Gasteiger partial charge in [0.1, 0.15) is 10.3 Å². The lowest BCUT2D eigenvalue weighted by Crippen LogP contribution is -2.03. The third-order valence-electron chi connectivity index (χ3n) is 3.33. The number of nitrogens with zero attached hydrogens (tertiary/aromatic N) is 3. The number of aryl methyl sites for hydroxylation is 1. The van der Waals surface area contributed by atoms with Crippen LogP contribution < -0.4 is 4.80 Å². The SMILES string of the molecule is Cc1ccc(N=c2nnc3c([nH]c4ccccc43)s2)cc1. The Morgan fingerprint density at radius 3 is 2.67 bits per heavy atom. The van der Waals surface area contributed by atoms with Crippen LogP contribution >= 0.6 is 11.3 Å². The molecule has 0 radical (unpaired) electrons. The van der Waals surface area contributed by atoms with Gasteiger partial charge in [0.15, 0.2) is 0 Å². The van der Waals surface area contributed by atoms with Gasteiger partial charge in [-0.25, -0.2) is 4.99 Å². The number of aromatic nitrogens is 3. The zero-order valence-corrected chi connectivity index (χ0v) is 12.2. The third kappa shape index (κ3) is 2.21. The van der Waals surface area contributed by atoms with Crippen LogP contribution in [0.3, 0.4) is 0 Å². The Morgan fingerprint density at radius 2 is 1.81 bits per heavy atom. The van der Waals surface area contributed by atoms with E-state index in [-0.39, 0.29) is 0 Å². The molecule has 2 aromatic heterocycles. The van der Waals surface area contributed by atoms with Crippen LogP contribution in [0.25, 0.3) is 21.3 Å². The summed E-state index contributed by atoms with van der Waals surface area (Å²) in [4.78, 5) is 9.54. The van der Waals surface area contributed by atoms with Gasteiger partial charge in [-0.2, -0.15) is 0 Å². The maximum absolute atomic E-state index is 4.53. The number of hydrogen-bond acceptors (Lipinski definition) is 4. The summed E-state index contributed by atoms with van der Waals surface area (Å²) >= 11 is 1.52. The second-order valence-corrected chi connectivity index (χ2v) is 5.86. The second kappa shape index (κ2) is 4.79. The smallest absolute Gasteiger partial charge is 0.232 e. The minimum Gasteiger partial charge on any atom is -0.345 e. The Labute approximate surface area is 124 Å². The molecule has 1 N–H and O–H groups in total. The number of benzene rings is 2. The Hall–Kier alpha value is -2.53. The van der Waals surface area contributed by atoms with Gasteiger partial charge in [0, 0.05) is 10.9 Å². The highest BCUT2D eigenvalue weighted by molar-refractivity contribution is 7.15. The highest BCUT2D eigenvalue weighted by Crippen LogP contribution is 2.23. The molecule has 0 aliphatic rings. The molecule has 0 unspecified atom stereocenters. The van der Waals surface area contributed by atoms with Crippen molar-refractivity contribution in [1.29, 1.82) is 0 Å². The molecule has 102 valence electrons. The van der Waals surface area contributed by atoms with Crippen molar-refractivity contribution >= 4 is 38.3 Å². The molecular formula is C16H12N4S. The van der Waals surface area contributed by atoms with E-state index >= 15 is 0 Å². The average molecular weight is 292 g/mol. The topological polar surface area (TPSA) is 53.9 Å². The molecule has 4 nitrogen and oxygen atoms in total. The van der Waals surface area contributed by atoms with Crippen molar-refractivity contribution < 1.29 is 0 Å². The van der Waals surface area contributed by atoms with E-state index in [1.807, 2.05) is 48.5 Å². The molecule has 4 aromatic rings. The largest absolute Gasteiger partial charge is 0.345 e. The van der Waals surface area contributed by atoms with Gasteiger partial charge in [-0.1, -0.05) is 47.2 Å². The highest BCUT2D eigenvalue weighted by Gasteiger charge is 2.05. The van der Waals surface area contributed by atoms with Crippen LogP contribution in [0.5, 0.6) is 0 Å². The molecule has 0 saturated heterocycles. The fourth-order valence-corrected chi connectivity index (χ4v) is 3.08. The average Bonchev–Trinajstić information content (AvgIpc) is 2.87. The van der Waals surface area contributed by atoms with E-state index in [9.17, 15) is 0 Å². The normalized spacial score (nSPS) is 12.3. The molecule has 2 aromatic carbocycles. The number of hydrogen-bond donors (Lipinski definition) is 1. The molecule has 0 atom stereocenters. The summed E-state index contributed by atoms with van der Waals surface area (Å²) in [5.74, 6) is 0. The molecule has 0 saturated carbocycles. The van der Waals surface area contributed by atoms with Crippen molar-refractivity contribution in [2.75, 3.05) is 0 Å². The number of rotatable bonds is 1. The Morgan fingerprint density at radius 1 is 1.00 bits per heavy atom. The standard InChI is InChI=1S/C16H12N4S/c1-10-6-8-11(9-7-10)17-16-20-19-14-12-4-2-3-5-13(12)18-15(14)21-16/h2-9,18H,1H3. The predicted octanol–water partition coefficient (Wildman–Crippen LogP) is 3.71. The fourth-order valence-electron chi connectivity index (χ4n) is 2.25. The fraction of sp³-hybridized carbons (Fsp3) is 0.0625. The molecule has 0 amide bonds. The summed E-state index contributed by atoms with van der Waals surface area (Å²) in [6.07, 6.45) is 0. The van der Waals surface area contributed by atoms with Crippen LogP contribution in [0, 0.1) is 6.92 Å². The summed E-state index contributed by atoms with van der Waals surface area (Å²) < 4.78 is 0. The molecule has 0 spiro atoms. The summed E-state index contributed by atoms with van der Waals surface area (Å²) in [5.41, 5.74) is 4.08. The van der Waals surface area contributed by atoms with Crippen LogP contribution in [0.4, 0.5) is 5.69 Å². The molecule has 2 heterocycles. The van der Waals surface area contributed by atoms with Gasteiger partial charge in [-0.15, -0.1) is 10.2 Å². The van der Waals surface area contributed by atoms with E-state index < -0.39 is 0 Å². The van der Waals surface area contributed by atoms with E-state index in [1.165, 1.54) is 16.9 Å². The zero-order valence-electron chi connectivity index (χ0n) is 11.4. The quantitative estimate of drug-likeness (QED) is 0.581. The number of nitrogens with one attached hydrogen (secondary N) is 1. The van der Waals surface area contributed by atoms with Crippen molar-refractivity contribution in [3.8, 4) is 0 Å². The Bertz CT molecular complexity index is 996. The highest BCUT2D eigenvalue weighted by atomic mass is 32.1. The molecule has 0 fully saturated rings. The molecular weight excluding hydrogens is 280 g/mol. The van der Waals surface area contributed by atoms with Gasteiger partial charge in [0.25, 0.3) is 0 Å². The second-order valence-electron chi connectivity index (χ2n) is 4.88. The first-order valence-corrected chi connectivity index (χ1v) is 7.47. The zero-order chi connectivity index (χ0) is 14.2. The maximum Gasteiger partial charge on any atom is 0.232 e. The van der Waals surface area contributed by atoms with E-state index in [0.29, 0.717) is 4.80 Å². The lowest BCUT2D eigenvalue weighted by Gasteiger charge is -1.93. The number of para-hydroxylation sites is 1. The predicted molar refractivity (Wildman–Crippen MR) is 85.7 cm³/mol. The van der Waals surface area contributed by atoms with E-state index in [4.69, 9.17) is 0 Å². The number of aromatic amines is 1. The van der Waals surface area contributed by atoms with Crippen LogP contribution in [-0.2, 0) is 0 Å². The molecule has 21 heavy (non-hydrogen) atoms. The van der Waals surface area contributed by atoms with Crippen molar-refractivity contribution in [3.05, 3.63) is 58.9 Å². The van der Waals surface area contributed by atoms with Crippen molar-refractivity contribution in [1.82, 2.24) is 15.2 Å². The van der Waals surface area contributed by atoms with E-state index in [1.54, 1.807) is 0 Å². The van der Waals surface area contributed by atoms with Crippen LogP contribution in [0.15, 0.2) is 53.5 Å². The molecule has 0 aliphatic heterocycles. The van der Waals surface area contributed by atoms with Gasteiger partial charge in [0.2, 0.25) is 4.80 Å². The summed E-state index contributed by atoms with van der Waals surface area (Å²) in [6.45, 7) is 2.06. The van der Waals surface area contributed by atoms with Gasteiger partial charge in [-0.3, -0.25) is 0 Å². The van der Waals surface area contributed by atoms with Crippen molar-refractivity contribution in [2.24, 2.45) is 4.99 Å². The Balaban J connectivity index is 1.90. The minimum atomic E-state index is 0.651. The minimum absolute atomic E-state index is 0.651.